The van der Waals surface area contributed by atoms with E-state index in [-0.39, 0.29) is 43.1 Å². The molecule has 2 heterocycles. The Bertz CT molecular complexity index is 712. The number of piperazine rings is 1. The molecule has 2 aromatic rings. The van der Waals surface area contributed by atoms with Crippen LogP contribution in [-0.2, 0) is 10.3 Å². The Hall–Kier alpha value is -1.64. The number of amides is 1. The van der Waals surface area contributed by atoms with E-state index in [2.05, 4.69) is 25.1 Å². The molecule has 1 atom stereocenters. The monoisotopic (exact) mass is 462 g/mol. The zero-order valence-electron chi connectivity index (χ0n) is 16.4. The second kappa shape index (κ2) is 12.8. The van der Waals surface area contributed by atoms with E-state index in [0.717, 1.165) is 44.2 Å². The molecule has 10 heteroatoms. The van der Waals surface area contributed by atoms with Crippen LogP contribution in [0.2, 0.25) is 0 Å². The van der Waals surface area contributed by atoms with Crippen molar-refractivity contribution in [2.75, 3.05) is 44.2 Å². The minimum atomic E-state index is -1.02. The highest BCUT2D eigenvalue weighted by Gasteiger charge is 2.30. The van der Waals surface area contributed by atoms with Crippen molar-refractivity contribution < 1.29 is 4.79 Å². The Balaban J connectivity index is 0.00000261. The van der Waals surface area contributed by atoms with Crippen LogP contribution in [-0.4, -0.2) is 60.0 Å². The number of hydrogen-bond acceptors (Lipinski definition) is 6. The topological polar surface area (TPSA) is 87.4 Å². The molecular formula is C19H29Cl3N6O. The van der Waals surface area contributed by atoms with Crippen molar-refractivity contribution in [1.82, 2.24) is 20.2 Å². The molecule has 1 aliphatic rings. The summed E-state index contributed by atoms with van der Waals surface area (Å²) < 4.78 is 0. The molecule has 1 unspecified atom stereocenters. The summed E-state index contributed by atoms with van der Waals surface area (Å²) in [5, 5.41) is 2.97. The predicted octanol–water partition coefficient (Wildman–Crippen LogP) is 1.85. The van der Waals surface area contributed by atoms with Gasteiger partial charge in [0.25, 0.3) is 0 Å². The van der Waals surface area contributed by atoms with Crippen LogP contribution in [0.5, 0.6) is 0 Å². The molecular weight excluding hydrogens is 435 g/mol. The minimum absolute atomic E-state index is 0. The Kier molecular flexibility index (Phi) is 12.1. The number of carbonyl (C=O) groups excluding carboxylic acids is 1. The SMILES string of the molecule is CC(N)(C(=O)NCCN1CCN(c2ncccn2)CC1)c1ccccc1.Cl.Cl.Cl. The van der Waals surface area contributed by atoms with Crippen LogP contribution < -0.4 is 16.0 Å². The van der Waals surface area contributed by atoms with Gasteiger partial charge in [0.05, 0.1) is 0 Å². The summed E-state index contributed by atoms with van der Waals surface area (Å²) in [6.07, 6.45) is 3.53. The molecule has 0 bridgehead atoms. The van der Waals surface area contributed by atoms with E-state index in [1.807, 2.05) is 36.4 Å². The first-order valence-corrected chi connectivity index (χ1v) is 8.94. The first-order valence-electron chi connectivity index (χ1n) is 8.94. The highest BCUT2D eigenvalue weighted by Crippen LogP contribution is 2.17. The van der Waals surface area contributed by atoms with Crippen LogP contribution in [0.3, 0.4) is 0 Å². The van der Waals surface area contributed by atoms with Crippen molar-refractivity contribution in [2.24, 2.45) is 5.73 Å². The van der Waals surface area contributed by atoms with E-state index < -0.39 is 5.54 Å². The molecule has 0 aliphatic carbocycles. The number of nitrogens with one attached hydrogen (secondary N) is 1. The minimum Gasteiger partial charge on any atom is -0.353 e. The molecule has 0 radical (unpaired) electrons. The molecule has 0 spiro atoms. The van der Waals surface area contributed by atoms with Crippen molar-refractivity contribution in [3.05, 3.63) is 54.4 Å². The number of halogens is 3. The van der Waals surface area contributed by atoms with Gasteiger partial charge in [-0.1, -0.05) is 30.3 Å². The fourth-order valence-electron chi connectivity index (χ4n) is 3.05. The fraction of sp³-hybridized carbons (Fsp3) is 0.421. The summed E-state index contributed by atoms with van der Waals surface area (Å²) in [6.45, 7) is 6.75. The van der Waals surface area contributed by atoms with Crippen molar-refractivity contribution >= 4 is 49.1 Å². The highest BCUT2D eigenvalue weighted by molar-refractivity contribution is 5.87. The van der Waals surface area contributed by atoms with E-state index in [0.29, 0.717) is 6.54 Å². The quantitative estimate of drug-likeness (QED) is 0.680. The van der Waals surface area contributed by atoms with Crippen molar-refractivity contribution in [2.45, 2.75) is 12.5 Å². The normalized spacial score (nSPS) is 15.7. The number of hydrogen-bond donors (Lipinski definition) is 2. The van der Waals surface area contributed by atoms with Gasteiger partial charge < -0.3 is 16.0 Å². The summed E-state index contributed by atoms with van der Waals surface area (Å²) >= 11 is 0. The molecule has 0 saturated carbocycles. The van der Waals surface area contributed by atoms with Crippen LogP contribution in [0.15, 0.2) is 48.8 Å². The Labute approximate surface area is 190 Å². The standard InChI is InChI=1S/C19H26N6O.3ClH/c1-19(20,16-6-3-2-4-7-16)17(26)21-10-11-24-12-14-25(15-13-24)18-22-8-5-9-23-18;;;/h2-9H,10-15,20H2,1H3,(H,21,26);3*1H. The van der Waals surface area contributed by atoms with Gasteiger partial charge in [-0.05, 0) is 18.6 Å². The van der Waals surface area contributed by atoms with Gasteiger partial charge in [-0.2, -0.15) is 0 Å². The number of rotatable bonds is 6. The van der Waals surface area contributed by atoms with Crippen LogP contribution in [0.1, 0.15) is 12.5 Å². The van der Waals surface area contributed by atoms with Crippen molar-refractivity contribution in [1.29, 1.82) is 0 Å². The maximum Gasteiger partial charge on any atom is 0.244 e. The zero-order valence-corrected chi connectivity index (χ0v) is 18.8. The summed E-state index contributed by atoms with van der Waals surface area (Å²) in [4.78, 5) is 25.6. The molecule has 29 heavy (non-hydrogen) atoms. The Morgan fingerprint density at radius 1 is 1.03 bits per heavy atom. The Morgan fingerprint density at radius 3 is 2.21 bits per heavy atom. The number of anilines is 1. The maximum atomic E-state index is 12.5. The van der Waals surface area contributed by atoms with E-state index >= 15 is 0 Å². The number of nitrogens with two attached hydrogens (primary N) is 1. The van der Waals surface area contributed by atoms with Crippen LogP contribution in [0.25, 0.3) is 0 Å². The molecule has 1 amide bonds. The molecule has 162 valence electrons. The van der Waals surface area contributed by atoms with Gasteiger partial charge in [0.15, 0.2) is 0 Å². The lowest BCUT2D eigenvalue weighted by Gasteiger charge is -2.34. The van der Waals surface area contributed by atoms with Crippen LogP contribution in [0.4, 0.5) is 5.95 Å². The molecule has 3 rings (SSSR count). The lowest BCUT2D eigenvalue weighted by Crippen LogP contribution is -2.52. The summed E-state index contributed by atoms with van der Waals surface area (Å²) in [6, 6.07) is 11.3. The smallest absolute Gasteiger partial charge is 0.244 e. The van der Waals surface area contributed by atoms with E-state index in [1.54, 1.807) is 19.3 Å². The van der Waals surface area contributed by atoms with E-state index in [4.69, 9.17) is 5.73 Å². The molecule has 1 aromatic carbocycles. The first kappa shape index (κ1) is 27.4. The van der Waals surface area contributed by atoms with E-state index in [1.165, 1.54) is 0 Å². The molecule has 1 aromatic heterocycles. The van der Waals surface area contributed by atoms with Crippen molar-refractivity contribution in [3.63, 3.8) is 0 Å². The molecule has 1 aliphatic heterocycles. The van der Waals surface area contributed by atoms with Crippen molar-refractivity contribution in [3.8, 4) is 0 Å². The van der Waals surface area contributed by atoms with Gasteiger partial charge in [-0.3, -0.25) is 9.69 Å². The third-order valence-corrected chi connectivity index (χ3v) is 4.77. The second-order valence-electron chi connectivity index (χ2n) is 6.70. The average Bonchev–Trinajstić information content (AvgIpc) is 2.70. The molecule has 1 saturated heterocycles. The lowest BCUT2D eigenvalue weighted by molar-refractivity contribution is -0.126. The summed E-state index contributed by atoms with van der Waals surface area (Å²) in [5.41, 5.74) is 6.03. The number of carbonyl (C=O) groups is 1. The van der Waals surface area contributed by atoms with Gasteiger partial charge in [0, 0.05) is 51.7 Å². The zero-order chi connectivity index (χ0) is 18.4. The van der Waals surface area contributed by atoms with Crippen LogP contribution >= 0.6 is 37.2 Å². The molecule has 7 nitrogen and oxygen atoms in total. The van der Waals surface area contributed by atoms with E-state index in [9.17, 15) is 4.79 Å². The number of aromatic nitrogens is 2. The largest absolute Gasteiger partial charge is 0.353 e. The van der Waals surface area contributed by atoms with Crippen LogP contribution in [0, 0.1) is 0 Å². The van der Waals surface area contributed by atoms with Gasteiger partial charge in [0.1, 0.15) is 5.54 Å². The second-order valence-corrected chi connectivity index (χ2v) is 6.70. The third kappa shape index (κ3) is 7.28. The van der Waals surface area contributed by atoms with Gasteiger partial charge in [0.2, 0.25) is 11.9 Å². The summed E-state index contributed by atoms with van der Waals surface area (Å²) in [7, 11) is 0. The number of nitrogens with zero attached hydrogens (tertiary/aromatic N) is 4. The van der Waals surface area contributed by atoms with Gasteiger partial charge in [-0.15, -0.1) is 37.2 Å². The summed E-state index contributed by atoms with van der Waals surface area (Å²) in [5.74, 6) is 0.627. The predicted molar refractivity (Wildman–Crippen MR) is 123 cm³/mol. The maximum absolute atomic E-state index is 12.5. The molecule has 3 N–H and O–H groups in total. The lowest BCUT2D eigenvalue weighted by atomic mass is 9.92. The highest BCUT2D eigenvalue weighted by atomic mass is 35.5. The van der Waals surface area contributed by atoms with Gasteiger partial charge in [-0.25, -0.2) is 9.97 Å². The Morgan fingerprint density at radius 2 is 1.62 bits per heavy atom. The first-order chi connectivity index (χ1) is 12.6. The molecule has 1 fully saturated rings. The third-order valence-electron chi connectivity index (χ3n) is 4.77. The average molecular weight is 464 g/mol. The fourth-order valence-corrected chi connectivity index (χ4v) is 3.05. The number of benzene rings is 1. The van der Waals surface area contributed by atoms with Gasteiger partial charge >= 0.3 is 0 Å².